The molecule has 0 bridgehead atoms. The van der Waals surface area contributed by atoms with Gasteiger partial charge in [-0.15, -0.1) is 11.3 Å². The van der Waals surface area contributed by atoms with E-state index in [2.05, 4.69) is 4.98 Å². The van der Waals surface area contributed by atoms with E-state index in [-0.39, 0.29) is 16.1 Å². The van der Waals surface area contributed by atoms with E-state index in [9.17, 15) is 14.4 Å². The first-order valence-corrected chi connectivity index (χ1v) is 6.10. The average molecular weight is 282 g/mol. The van der Waals surface area contributed by atoms with E-state index >= 15 is 0 Å². The van der Waals surface area contributed by atoms with Crippen molar-refractivity contribution in [2.45, 2.75) is 20.4 Å². The lowest BCUT2D eigenvalue weighted by atomic mass is 10.2. The molecule has 0 fully saturated rings. The quantitative estimate of drug-likeness (QED) is 0.864. The lowest BCUT2D eigenvalue weighted by Gasteiger charge is -2.06. The maximum Gasteiger partial charge on any atom is 0.346 e. The van der Waals surface area contributed by atoms with Gasteiger partial charge in [0, 0.05) is 0 Å². The van der Waals surface area contributed by atoms with Crippen molar-refractivity contribution >= 4 is 33.5 Å². The molecule has 0 aromatic carbocycles. The first kappa shape index (κ1) is 13.2. The second-order valence-corrected chi connectivity index (χ2v) is 4.98. The van der Waals surface area contributed by atoms with Crippen LogP contribution in [0.1, 0.15) is 21.1 Å². The fourth-order valence-electron chi connectivity index (χ4n) is 1.84. The summed E-state index contributed by atoms with van der Waals surface area (Å²) in [5.41, 5.74) is -0.199. The van der Waals surface area contributed by atoms with Crippen molar-refractivity contribution in [2.24, 2.45) is 0 Å². The van der Waals surface area contributed by atoms with E-state index in [1.165, 1.54) is 13.8 Å². The van der Waals surface area contributed by atoms with Crippen LogP contribution in [0.4, 0.5) is 0 Å². The smallest absolute Gasteiger partial charge is 0.346 e. The number of carbonyl (C=O) groups is 2. The Morgan fingerprint density at radius 1 is 1.32 bits per heavy atom. The largest absolute Gasteiger partial charge is 0.480 e. The number of aromatic carboxylic acids is 1. The van der Waals surface area contributed by atoms with Crippen LogP contribution >= 0.6 is 11.3 Å². The van der Waals surface area contributed by atoms with Crippen molar-refractivity contribution in [1.82, 2.24) is 9.55 Å². The topological polar surface area (TPSA) is 109 Å². The van der Waals surface area contributed by atoms with Crippen LogP contribution in [-0.4, -0.2) is 31.7 Å². The van der Waals surface area contributed by atoms with Crippen molar-refractivity contribution in [2.75, 3.05) is 0 Å². The third-order valence-electron chi connectivity index (χ3n) is 2.73. The van der Waals surface area contributed by atoms with Crippen LogP contribution in [0.15, 0.2) is 4.79 Å². The second kappa shape index (κ2) is 4.47. The number of fused-ring (bicyclic) bond motifs is 1. The molecule has 0 atom stereocenters. The van der Waals surface area contributed by atoms with Gasteiger partial charge in [-0.25, -0.2) is 9.78 Å². The number of hydrogen-bond acceptors (Lipinski definition) is 5. The molecule has 0 aliphatic rings. The molecule has 0 amide bonds. The standard InChI is InChI=1S/C11H10N2O5S/c1-4-7-9(19-8(4)11(17)18)12-5(2)13(10(7)16)3-6(14)15/h3H2,1-2H3,(H,14,15)(H,17,18). The van der Waals surface area contributed by atoms with E-state index < -0.39 is 24.0 Å². The highest BCUT2D eigenvalue weighted by Crippen LogP contribution is 2.27. The zero-order chi connectivity index (χ0) is 14.3. The Hall–Kier alpha value is -2.22. The molecule has 0 spiro atoms. The average Bonchev–Trinajstić information content (AvgIpc) is 2.61. The van der Waals surface area contributed by atoms with Crippen LogP contribution < -0.4 is 5.56 Å². The minimum absolute atomic E-state index is 0.0482. The number of aromatic nitrogens is 2. The van der Waals surface area contributed by atoms with Gasteiger partial charge >= 0.3 is 11.9 Å². The Morgan fingerprint density at radius 3 is 2.47 bits per heavy atom. The highest BCUT2D eigenvalue weighted by molar-refractivity contribution is 7.20. The maximum atomic E-state index is 12.2. The number of aliphatic carboxylic acids is 1. The molecule has 2 rings (SSSR count). The molecule has 19 heavy (non-hydrogen) atoms. The number of rotatable bonds is 3. The summed E-state index contributed by atoms with van der Waals surface area (Å²) < 4.78 is 1.02. The highest BCUT2D eigenvalue weighted by Gasteiger charge is 2.20. The molecular formula is C11H10N2O5S. The Labute approximate surface area is 110 Å². The molecular weight excluding hydrogens is 272 g/mol. The Kier molecular flexibility index (Phi) is 3.11. The van der Waals surface area contributed by atoms with Crippen molar-refractivity contribution in [1.29, 1.82) is 0 Å². The van der Waals surface area contributed by atoms with Gasteiger partial charge in [-0.1, -0.05) is 0 Å². The molecule has 8 heteroatoms. The lowest BCUT2D eigenvalue weighted by Crippen LogP contribution is -2.27. The second-order valence-electron chi connectivity index (χ2n) is 3.99. The monoisotopic (exact) mass is 282 g/mol. The summed E-state index contributed by atoms with van der Waals surface area (Å²) in [6.07, 6.45) is 0. The number of nitrogens with zero attached hydrogens (tertiary/aromatic N) is 2. The van der Waals surface area contributed by atoms with Gasteiger partial charge in [-0.05, 0) is 19.4 Å². The van der Waals surface area contributed by atoms with Crippen LogP contribution in [0.2, 0.25) is 0 Å². The minimum Gasteiger partial charge on any atom is -0.480 e. The zero-order valence-corrected chi connectivity index (χ0v) is 10.9. The summed E-state index contributed by atoms with van der Waals surface area (Å²) in [5.74, 6) is -2.03. The molecule has 2 aromatic rings. The van der Waals surface area contributed by atoms with Gasteiger partial charge in [0.05, 0.1) is 5.39 Å². The van der Waals surface area contributed by atoms with E-state index in [1.807, 2.05) is 0 Å². The van der Waals surface area contributed by atoms with Crippen molar-refractivity contribution in [3.05, 3.63) is 26.6 Å². The van der Waals surface area contributed by atoms with Crippen LogP contribution in [0.25, 0.3) is 10.2 Å². The summed E-state index contributed by atoms with van der Waals surface area (Å²) in [6.45, 7) is 2.54. The molecule has 2 aromatic heterocycles. The van der Waals surface area contributed by atoms with Crippen molar-refractivity contribution in [3.8, 4) is 0 Å². The van der Waals surface area contributed by atoms with Crippen LogP contribution in [0.5, 0.6) is 0 Å². The normalized spacial score (nSPS) is 10.8. The van der Waals surface area contributed by atoms with E-state index in [4.69, 9.17) is 10.2 Å². The van der Waals surface area contributed by atoms with Crippen molar-refractivity contribution < 1.29 is 19.8 Å². The fraction of sp³-hybridized carbons (Fsp3) is 0.273. The number of carboxylic acids is 2. The molecule has 0 radical (unpaired) electrons. The van der Waals surface area contributed by atoms with Gasteiger partial charge in [-0.2, -0.15) is 0 Å². The summed E-state index contributed by atoms with van der Waals surface area (Å²) in [6, 6.07) is 0. The molecule has 0 saturated carbocycles. The summed E-state index contributed by atoms with van der Waals surface area (Å²) in [5, 5.41) is 18.0. The van der Waals surface area contributed by atoms with E-state index in [0.717, 1.165) is 15.9 Å². The van der Waals surface area contributed by atoms with Crippen molar-refractivity contribution in [3.63, 3.8) is 0 Å². The number of carboxylic acid groups (broad SMARTS) is 2. The number of thiophene rings is 1. The third kappa shape index (κ3) is 2.10. The molecule has 0 aliphatic heterocycles. The van der Waals surface area contributed by atoms with Crippen LogP contribution in [0, 0.1) is 13.8 Å². The summed E-state index contributed by atoms with van der Waals surface area (Å²) >= 11 is 0.917. The molecule has 0 aliphatic carbocycles. The first-order valence-electron chi connectivity index (χ1n) is 5.28. The van der Waals surface area contributed by atoms with E-state index in [0.29, 0.717) is 10.4 Å². The summed E-state index contributed by atoms with van der Waals surface area (Å²) in [7, 11) is 0. The zero-order valence-electron chi connectivity index (χ0n) is 10.1. The highest BCUT2D eigenvalue weighted by atomic mass is 32.1. The van der Waals surface area contributed by atoms with Gasteiger partial charge in [0.1, 0.15) is 22.1 Å². The molecule has 2 N–H and O–H groups in total. The van der Waals surface area contributed by atoms with Gasteiger partial charge < -0.3 is 10.2 Å². The Morgan fingerprint density at radius 2 is 1.95 bits per heavy atom. The Balaban J connectivity index is 2.83. The molecule has 0 unspecified atom stereocenters. The molecule has 2 heterocycles. The predicted octanol–water partition coefficient (Wildman–Crippen LogP) is 0.858. The molecule has 100 valence electrons. The predicted molar refractivity (Wildman–Crippen MR) is 67.9 cm³/mol. The lowest BCUT2D eigenvalue weighted by molar-refractivity contribution is -0.137. The molecule has 0 saturated heterocycles. The Bertz CT molecular complexity index is 759. The van der Waals surface area contributed by atoms with Gasteiger partial charge in [0.25, 0.3) is 5.56 Å². The third-order valence-corrected chi connectivity index (χ3v) is 3.90. The summed E-state index contributed by atoms with van der Waals surface area (Å²) in [4.78, 5) is 38.4. The van der Waals surface area contributed by atoms with E-state index in [1.54, 1.807) is 0 Å². The number of hydrogen-bond donors (Lipinski definition) is 2. The minimum atomic E-state index is -1.15. The van der Waals surface area contributed by atoms with Gasteiger partial charge in [0.2, 0.25) is 0 Å². The maximum absolute atomic E-state index is 12.2. The van der Waals surface area contributed by atoms with Crippen LogP contribution in [0.3, 0.4) is 0 Å². The van der Waals surface area contributed by atoms with Gasteiger partial charge in [-0.3, -0.25) is 14.2 Å². The van der Waals surface area contributed by atoms with Crippen LogP contribution in [-0.2, 0) is 11.3 Å². The number of aryl methyl sites for hydroxylation is 2. The SMILES string of the molecule is Cc1c(C(=O)O)sc2nc(C)n(CC(=O)O)c(=O)c12. The first-order chi connectivity index (χ1) is 8.82. The van der Waals surface area contributed by atoms with Gasteiger partial charge in [0.15, 0.2) is 0 Å². The molecule has 7 nitrogen and oxygen atoms in total. The fourth-order valence-corrected chi connectivity index (χ4v) is 2.90.